The fraction of sp³-hybridized carbons (Fsp3) is 0.171. The summed E-state index contributed by atoms with van der Waals surface area (Å²) in [5.41, 5.74) is 34.0. The number of rotatable bonds is 20. The fourth-order valence-electron chi connectivity index (χ4n) is 11.0. The Morgan fingerprint density at radius 3 is 1.23 bits per heavy atom. The minimum Gasteiger partial charge on any atom is -0.870 e. The van der Waals surface area contributed by atoms with E-state index in [1.54, 1.807) is 105 Å². The average Bonchev–Trinajstić information content (AvgIpc) is 1.75. The van der Waals surface area contributed by atoms with Gasteiger partial charge in [-0.15, -0.1) is 12.4 Å². The van der Waals surface area contributed by atoms with Crippen molar-refractivity contribution in [2.75, 3.05) is 29.2 Å². The van der Waals surface area contributed by atoms with Crippen molar-refractivity contribution < 1.29 is 88.4 Å². The number of amides is 3. The number of aromatic nitrogens is 3. The third kappa shape index (κ3) is 21.9. The van der Waals surface area contributed by atoms with E-state index in [1.165, 1.54) is 0 Å². The van der Waals surface area contributed by atoms with Crippen molar-refractivity contribution >= 4 is 108 Å². The van der Waals surface area contributed by atoms with Crippen molar-refractivity contribution in [2.45, 2.75) is 72.0 Å². The molecule has 0 radical (unpaired) electrons. The van der Waals surface area contributed by atoms with Gasteiger partial charge in [0, 0.05) is 64.5 Å². The van der Waals surface area contributed by atoms with Crippen LogP contribution in [-0.4, -0.2) is 91.5 Å². The van der Waals surface area contributed by atoms with E-state index < -0.39 is 13.1 Å². The average molecular weight is 1410 g/mol. The van der Waals surface area contributed by atoms with Crippen LogP contribution in [0.15, 0.2) is 182 Å². The summed E-state index contributed by atoms with van der Waals surface area (Å²) in [6.07, 6.45) is 14.3. The number of aliphatic carboxylic acids is 1. The summed E-state index contributed by atoms with van der Waals surface area (Å²) in [5.74, 6) is -2.70. The van der Waals surface area contributed by atoms with Gasteiger partial charge in [-0.25, -0.2) is 15.0 Å². The maximum Gasteiger partial charge on any atom is 1.00 e. The molecule has 0 atom stereocenters. The molecule has 0 fully saturated rings. The van der Waals surface area contributed by atoms with E-state index in [0.29, 0.717) is 82.9 Å². The van der Waals surface area contributed by atoms with Crippen LogP contribution < -0.4 is 68.2 Å². The molecular weight excluding hydrogens is 1340 g/mol. The van der Waals surface area contributed by atoms with Crippen LogP contribution in [0.2, 0.25) is 5.15 Å². The van der Waals surface area contributed by atoms with Crippen LogP contribution in [0.3, 0.4) is 0 Å². The molecule has 0 saturated heterocycles. The van der Waals surface area contributed by atoms with Crippen molar-refractivity contribution in [2.24, 2.45) is 17.2 Å². The zero-order valence-electron chi connectivity index (χ0n) is 55.8. The number of allylic oxidation sites excluding steroid dienone is 3. The van der Waals surface area contributed by atoms with Gasteiger partial charge in [0.05, 0.1) is 43.9 Å². The first-order valence-corrected chi connectivity index (χ1v) is 32.0. The fourth-order valence-corrected chi connectivity index (χ4v) is 11.2. The molecule has 0 aliphatic heterocycles. The molecule has 12 rings (SSSR count). The number of anilines is 3. The van der Waals surface area contributed by atoms with E-state index in [1.807, 2.05) is 103 Å². The van der Waals surface area contributed by atoms with Crippen molar-refractivity contribution in [3.63, 3.8) is 0 Å². The number of pyridine rings is 3. The van der Waals surface area contributed by atoms with Gasteiger partial charge in [-0.1, -0.05) is 163 Å². The van der Waals surface area contributed by atoms with Crippen molar-refractivity contribution in [3.05, 3.63) is 271 Å². The zero-order chi connectivity index (χ0) is 69.7. The van der Waals surface area contributed by atoms with Crippen molar-refractivity contribution in [3.8, 4) is 22.5 Å². The second-order valence-corrected chi connectivity index (χ2v) is 22.9. The molecule has 3 amide bonds. The Bertz CT molecular complexity index is 4550. The molecule has 0 unspecified atom stereocenters. The summed E-state index contributed by atoms with van der Waals surface area (Å²) in [4.78, 5) is 87.0. The number of nitrogens with two attached hydrogens (primary N) is 3. The summed E-state index contributed by atoms with van der Waals surface area (Å²) < 4.78 is 10.0. The number of nitrogens with zero attached hydrogens (tertiary/aromatic N) is 3. The van der Waals surface area contributed by atoms with E-state index in [-0.39, 0.29) is 108 Å². The first-order valence-electron chi connectivity index (χ1n) is 31.7. The van der Waals surface area contributed by atoms with E-state index in [0.717, 1.165) is 91.8 Å². The predicted octanol–water partition coefficient (Wildman–Crippen LogP) is 7.53. The summed E-state index contributed by atoms with van der Waals surface area (Å²) in [6, 6.07) is 49.2. The molecule has 3 aliphatic carbocycles. The van der Waals surface area contributed by atoms with Crippen LogP contribution in [0.25, 0.3) is 40.7 Å². The SMILES string of the molecule is CCOC(=O)Cc1ccccc1NC(=O)c1cc2c(c(-c3cccc(CN)c3)n1)C=CC2.CCOC(=O)Cc1ccccc1NC(=O)c1cc2c(c(Cl)n1)C=CC2.Cl.NCc1cccc(-c2nc(C(=O)Nc3ccccc3CC(=O)O)cc3c2C=CC3)c1.NCc1cccc(B(O)O)c1.[Na+].[OH-]. The molecule has 21 nitrogen and oxygen atoms in total. The molecule has 0 saturated carbocycles. The third-order valence-corrected chi connectivity index (χ3v) is 16.0. The maximum absolute atomic E-state index is 13.2. The van der Waals surface area contributed by atoms with Crippen LogP contribution in [-0.2, 0) is 82.0 Å². The van der Waals surface area contributed by atoms with Crippen LogP contribution in [0.4, 0.5) is 17.1 Å². The topological polar surface area (TPSA) is 364 Å². The number of carboxylic acids is 1. The molecule has 0 spiro atoms. The molecule has 9 aromatic rings. The van der Waals surface area contributed by atoms with Gasteiger partial charge in [0.2, 0.25) is 0 Å². The van der Waals surface area contributed by atoms with Gasteiger partial charge in [0.15, 0.2) is 0 Å². The Morgan fingerprint density at radius 2 is 0.842 bits per heavy atom. The van der Waals surface area contributed by atoms with Gasteiger partial charge in [0.1, 0.15) is 22.2 Å². The standard InChI is InChI=1S/C26H25N3O3.C24H21N3O3.C19H17ClN2O3.C7H10BNO2.ClH.Na.H2O/c1-2-32-24(30)15-19-8-3-4-12-22(19)29-26(31)23-14-18-9-6-11-21(18)25(28-23)20-10-5-7-17(13-20)16-27;25-14-15-5-3-8-18(11-15)23-19-9-4-7-16(19)12-21(26-23)24(30)27-20-10-2-1-6-17(20)13-22(28)29;1-2-25-17(23)11-13-6-3-4-9-15(13)22-19(24)16-10-12-7-5-8-14(12)18(20)21-16;9-5-6-2-1-3-7(4-6)8(10)11;;;/h3-8,10-14H,2,9,15-16,27H2,1H3,(H,29,31);1-6,8-12H,7,13-14,25H2,(H,27,30)(H,28,29);3-6,8-10H,2,7,11H2,1H3,(H,22,24);1-4,10-11H,5,9H2;1H;;1H2/q;;;;;+1;/p-1. The summed E-state index contributed by atoms with van der Waals surface area (Å²) in [6.45, 7) is 5.42. The zero-order valence-corrected chi connectivity index (χ0v) is 59.4. The first-order chi connectivity index (χ1) is 47.4. The Morgan fingerprint density at radius 1 is 0.485 bits per heavy atom. The Labute approximate surface area is 618 Å². The third-order valence-electron chi connectivity index (χ3n) is 15.7. The molecule has 25 heteroatoms. The molecule has 3 aliphatic rings. The second kappa shape index (κ2) is 39.3. The quantitative estimate of drug-likeness (QED) is 0.0202. The van der Waals surface area contributed by atoms with E-state index in [2.05, 4.69) is 32.0 Å². The summed E-state index contributed by atoms with van der Waals surface area (Å²) in [5, 5.41) is 35.5. The first kappa shape index (κ1) is 80.2. The molecule has 3 heterocycles. The van der Waals surface area contributed by atoms with E-state index in [9.17, 15) is 28.8 Å². The molecule has 101 heavy (non-hydrogen) atoms. The van der Waals surface area contributed by atoms with Crippen LogP contribution in [0.1, 0.15) is 112 Å². The van der Waals surface area contributed by atoms with Gasteiger partial charge in [-0.3, -0.25) is 28.8 Å². The van der Waals surface area contributed by atoms with Gasteiger partial charge in [0.25, 0.3) is 17.7 Å². The smallest absolute Gasteiger partial charge is 0.870 e. The molecule has 3 aromatic heterocycles. The summed E-state index contributed by atoms with van der Waals surface area (Å²) >= 11 is 6.15. The Hall–Kier alpha value is -9.79. The Kier molecular flexibility index (Phi) is 31.2. The Balaban J connectivity index is 0.000000219. The number of carboxylic acid groups (broad SMARTS) is 1. The van der Waals surface area contributed by atoms with Gasteiger partial charge in [-0.05, 0) is 137 Å². The maximum atomic E-state index is 13.2. The second-order valence-electron chi connectivity index (χ2n) is 22.5. The van der Waals surface area contributed by atoms with E-state index >= 15 is 0 Å². The summed E-state index contributed by atoms with van der Waals surface area (Å²) in [7, 11) is -1.40. The predicted molar refractivity (Wildman–Crippen MR) is 391 cm³/mol. The van der Waals surface area contributed by atoms with Gasteiger partial charge in [-0.2, -0.15) is 0 Å². The van der Waals surface area contributed by atoms with Crippen LogP contribution in [0.5, 0.6) is 0 Å². The number of ether oxygens (including phenoxy) is 2. The number of benzene rings is 6. The number of para-hydroxylation sites is 3. The minimum atomic E-state index is -1.40. The number of hydrogen-bond donors (Lipinski definition) is 9. The van der Waals surface area contributed by atoms with Gasteiger partial charge >= 0.3 is 54.6 Å². The van der Waals surface area contributed by atoms with Crippen LogP contribution in [0, 0.1) is 0 Å². The molecule has 13 N–H and O–H groups in total. The number of nitrogens with one attached hydrogen (secondary N) is 3. The van der Waals surface area contributed by atoms with Gasteiger partial charge < -0.3 is 63.3 Å². The molecular formula is C76H75BCl2N9NaO12. The molecule has 6 aromatic carbocycles. The normalized spacial score (nSPS) is 11.3. The molecule has 0 bridgehead atoms. The number of hydrogen-bond acceptors (Lipinski definition) is 17. The largest absolute Gasteiger partial charge is 1.00 e. The van der Waals surface area contributed by atoms with Crippen LogP contribution >= 0.6 is 24.0 Å². The molecule has 514 valence electrons. The number of halogens is 2. The van der Waals surface area contributed by atoms with E-state index in [4.69, 9.17) is 58.4 Å². The number of carbonyl (C=O) groups is 6. The van der Waals surface area contributed by atoms with Crippen molar-refractivity contribution in [1.29, 1.82) is 0 Å². The minimum absolute atomic E-state index is 0. The monoisotopic (exact) mass is 1410 g/mol. The number of carbonyl (C=O) groups excluding carboxylic acids is 5. The number of fused-ring (bicyclic) bond motifs is 3. The van der Waals surface area contributed by atoms with Crippen molar-refractivity contribution in [1.82, 2.24) is 15.0 Å². The number of esters is 2.